The Labute approximate surface area is 187 Å². The molecular weight excluding hydrogens is 438 g/mol. The Bertz CT molecular complexity index is 1090. The molecule has 3 rings (SSSR count). The quantitative estimate of drug-likeness (QED) is 0.384. The molecule has 1 aliphatic rings. The number of nitrogens with one attached hydrogen (secondary N) is 1. The highest BCUT2D eigenvalue weighted by Crippen LogP contribution is 2.44. The van der Waals surface area contributed by atoms with Gasteiger partial charge in [0.15, 0.2) is 0 Å². The van der Waals surface area contributed by atoms with Crippen LogP contribution in [0.2, 0.25) is 0 Å². The van der Waals surface area contributed by atoms with Gasteiger partial charge in [-0.1, -0.05) is 20.8 Å². The van der Waals surface area contributed by atoms with Crippen molar-refractivity contribution in [1.29, 1.82) is 0 Å². The molecule has 1 aliphatic carbocycles. The van der Waals surface area contributed by atoms with E-state index in [2.05, 4.69) is 26.1 Å². The van der Waals surface area contributed by atoms with Crippen molar-refractivity contribution in [2.24, 2.45) is 11.3 Å². The summed E-state index contributed by atoms with van der Waals surface area (Å²) in [5.41, 5.74) is -0.207. The molecule has 0 radical (unpaired) electrons. The van der Waals surface area contributed by atoms with Crippen molar-refractivity contribution in [3.63, 3.8) is 0 Å². The molecule has 1 aromatic carbocycles. The van der Waals surface area contributed by atoms with Crippen molar-refractivity contribution in [1.82, 2.24) is 0 Å². The maximum Gasteiger partial charge on any atom is 0.341 e. The van der Waals surface area contributed by atoms with Crippen molar-refractivity contribution in [3.05, 3.63) is 60.0 Å². The highest BCUT2D eigenvalue weighted by molar-refractivity contribution is 7.17. The summed E-state index contributed by atoms with van der Waals surface area (Å²) in [7, 11) is 1.25. The summed E-state index contributed by atoms with van der Waals surface area (Å²) < 4.78 is 4.92. The molecule has 1 aromatic heterocycles. The Kier molecular flexibility index (Phi) is 6.31. The molecule has 1 atom stereocenters. The number of benzene rings is 1. The van der Waals surface area contributed by atoms with Gasteiger partial charge in [0.1, 0.15) is 5.00 Å². The zero-order valence-electron chi connectivity index (χ0n) is 18.1. The van der Waals surface area contributed by atoms with Gasteiger partial charge in [-0.15, -0.1) is 11.3 Å². The van der Waals surface area contributed by atoms with Crippen LogP contribution in [0, 0.1) is 31.6 Å². The van der Waals surface area contributed by atoms with E-state index in [4.69, 9.17) is 4.74 Å². The first kappa shape index (κ1) is 23.3. The van der Waals surface area contributed by atoms with Gasteiger partial charge in [0, 0.05) is 17.0 Å². The first-order valence-electron chi connectivity index (χ1n) is 9.90. The van der Waals surface area contributed by atoms with Crippen molar-refractivity contribution in [3.8, 4) is 0 Å². The molecule has 2 aromatic rings. The van der Waals surface area contributed by atoms with Gasteiger partial charge in [0.2, 0.25) is 0 Å². The fraction of sp³-hybridized carbons (Fsp3) is 0.429. The summed E-state index contributed by atoms with van der Waals surface area (Å²) in [6.07, 6.45) is 2.31. The number of hydrogen-bond acceptors (Lipinski definition) is 8. The topological polar surface area (TPSA) is 142 Å². The van der Waals surface area contributed by atoms with Gasteiger partial charge < -0.3 is 10.1 Å². The van der Waals surface area contributed by atoms with E-state index >= 15 is 0 Å². The van der Waals surface area contributed by atoms with Crippen LogP contribution in [0.3, 0.4) is 0 Å². The molecule has 1 unspecified atom stereocenters. The largest absolute Gasteiger partial charge is 0.465 e. The number of rotatable bonds is 5. The lowest BCUT2D eigenvalue weighted by atomic mass is 9.72. The first-order chi connectivity index (χ1) is 14.9. The minimum Gasteiger partial charge on any atom is -0.465 e. The molecule has 170 valence electrons. The first-order valence-corrected chi connectivity index (χ1v) is 10.7. The number of esters is 1. The third-order valence-corrected chi connectivity index (χ3v) is 6.86. The summed E-state index contributed by atoms with van der Waals surface area (Å²) in [6.45, 7) is 6.49. The molecule has 0 saturated heterocycles. The Morgan fingerprint density at radius 2 is 1.72 bits per heavy atom. The average molecular weight is 461 g/mol. The fourth-order valence-electron chi connectivity index (χ4n) is 3.84. The number of thiophene rings is 1. The molecule has 0 saturated carbocycles. The van der Waals surface area contributed by atoms with E-state index < -0.39 is 33.1 Å². The molecule has 0 fully saturated rings. The minimum atomic E-state index is -0.805. The number of nitro groups is 2. The van der Waals surface area contributed by atoms with Crippen LogP contribution in [0.4, 0.5) is 16.4 Å². The summed E-state index contributed by atoms with van der Waals surface area (Å²) in [5.74, 6) is -0.966. The van der Waals surface area contributed by atoms with E-state index in [0.29, 0.717) is 12.3 Å². The van der Waals surface area contributed by atoms with Crippen LogP contribution in [-0.2, 0) is 17.6 Å². The van der Waals surface area contributed by atoms with Crippen LogP contribution < -0.4 is 5.32 Å². The smallest absolute Gasteiger partial charge is 0.341 e. The van der Waals surface area contributed by atoms with Crippen LogP contribution in [0.25, 0.3) is 0 Å². The predicted molar refractivity (Wildman–Crippen MR) is 118 cm³/mol. The van der Waals surface area contributed by atoms with E-state index in [0.717, 1.165) is 41.5 Å². The van der Waals surface area contributed by atoms with E-state index in [1.807, 2.05) is 0 Å². The van der Waals surface area contributed by atoms with E-state index in [9.17, 15) is 29.8 Å². The minimum absolute atomic E-state index is 0.0818. The zero-order valence-corrected chi connectivity index (χ0v) is 18.9. The number of ether oxygens (including phenoxy) is 1. The third kappa shape index (κ3) is 4.62. The molecule has 10 nitrogen and oxygen atoms in total. The lowest BCUT2D eigenvalue weighted by Gasteiger charge is -2.33. The number of nitro benzene ring substituents is 2. The Balaban J connectivity index is 2.00. The number of hydrogen-bond donors (Lipinski definition) is 1. The van der Waals surface area contributed by atoms with Gasteiger partial charge in [-0.2, -0.15) is 0 Å². The second-order valence-electron chi connectivity index (χ2n) is 8.71. The van der Waals surface area contributed by atoms with Crippen molar-refractivity contribution < 1.29 is 24.2 Å². The molecule has 11 heteroatoms. The number of carbonyl (C=O) groups is 2. The number of amides is 1. The number of fused-ring (bicyclic) bond motifs is 1. The number of nitrogens with zero attached hydrogens (tertiary/aromatic N) is 2. The van der Waals surface area contributed by atoms with Gasteiger partial charge in [0.25, 0.3) is 17.3 Å². The molecule has 1 heterocycles. The standard InChI is InChI=1S/C21H23N3O7S/c1-21(2,3)12-5-6-15-16(9-12)32-19(17(15)20(26)31-4)22-18(25)11-7-13(23(27)28)10-14(8-11)24(29)30/h7-8,10,12H,5-6,9H2,1-4H3,(H,22,25). The SMILES string of the molecule is COC(=O)c1c(NC(=O)c2cc([N+](=O)[O-])cc([N+](=O)[O-])c2)sc2c1CCC(C(C)(C)C)C2. The normalized spacial score (nSPS) is 15.6. The Morgan fingerprint density at radius 1 is 1.12 bits per heavy atom. The second-order valence-corrected chi connectivity index (χ2v) is 9.82. The van der Waals surface area contributed by atoms with Gasteiger partial charge >= 0.3 is 5.97 Å². The van der Waals surface area contributed by atoms with Crippen LogP contribution in [0.5, 0.6) is 0 Å². The van der Waals surface area contributed by atoms with Gasteiger partial charge in [-0.25, -0.2) is 4.79 Å². The van der Waals surface area contributed by atoms with Crippen molar-refractivity contribution >= 4 is 39.6 Å². The summed E-state index contributed by atoms with van der Waals surface area (Å²) >= 11 is 1.27. The average Bonchev–Trinajstić information content (AvgIpc) is 3.08. The second kappa shape index (κ2) is 8.65. The lowest BCUT2D eigenvalue weighted by molar-refractivity contribution is -0.394. The van der Waals surface area contributed by atoms with E-state index in [1.54, 1.807) is 0 Å². The molecule has 0 aliphatic heterocycles. The van der Waals surface area contributed by atoms with E-state index in [1.165, 1.54) is 18.4 Å². The van der Waals surface area contributed by atoms with Gasteiger partial charge in [0.05, 0.1) is 34.1 Å². The fourth-order valence-corrected chi connectivity index (χ4v) is 5.15. The summed E-state index contributed by atoms with van der Waals surface area (Å²) in [6, 6.07) is 2.71. The number of anilines is 1. The number of methoxy groups -OCH3 is 1. The number of non-ortho nitro benzene ring substituents is 2. The maximum atomic E-state index is 12.9. The van der Waals surface area contributed by atoms with Crippen LogP contribution in [0.15, 0.2) is 18.2 Å². The monoisotopic (exact) mass is 461 g/mol. The Hall–Kier alpha value is -3.34. The van der Waals surface area contributed by atoms with Crippen LogP contribution in [-0.4, -0.2) is 28.8 Å². The van der Waals surface area contributed by atoms with E-state index in [-0.39, 0.29) is 21.5 Å². The number of carbonyl (C=O) groups excluding carboxylic acids is 2. The summed E-state index contributed by atoms with van der Waals surface area (Å²) in [5, 5.41) is 25.1. The highest BCUT2D eigenvalue weighted by Gasteiger charge is 2.34. The molecule has 0 spiro atoms. The maximum absolute atomic E-state index is 12.9. The van der Waals surface area contributed by atoms with Crippen LogP contribution >= 0.6 is 11.3 Å². The molecule has 1 N–H and O–H groups in total. The van der Waals surface area contributed by atoms with Crippen molar-refractivity contribution in [2.45, 2.75) is 40.0 Å². The molecular formula is C21H23N3O7S. The highest BCUT2D eigenvalue weighted by atomic mass is 32.1. The van der Waals surface area contributed by atoms with Crippen molar-refractivity contribution in [2.75, 3.05) is 12.4 Å². The predicted octanol–water partition coefficient (Wildman–Crippen LogP) is 4.75. The molecule has 32 heavy (non-hydrogen) atoms. The summed E-state index contributed by atoms with van der Waals surface area (Å²) in [4.78, 5) is 47.0. The van der Waals surface area contributed by atoms with Crippen LogP contribution in [0.1, 0.15) is 58.3 Å². The van der Waals surface area contributed by atoms with Gasteiger partial charge in [-0.3, -0.25) is 25.0 Å². The van der Waals surface area contributed by atoms with Gasteiger partial charge in [-0.05, 0) is 36.2 Å². The Morgan fingerprint density at radius 3 is 2.22 bits per heavy atom. The third-order valence-electron chi connectivity index (χ3n) is 5.69. The lowest BCUT2D eigenvalue weighted by Crippen LogP contribution is -2.26. The molecule has 1 amide bonds. The zero-order chi connectivity index (χ0) is 23.8. The molecule has 0 bridgehead atoms.